The van der Waals surface area contributed by atoms with Crippen molar-refractivity contribution >= 4 is 74.8 Å². The van der Waals surface area contributed by atoms with Crippen molar-refractivity contribution in [1.82, 2.24) is 36.8 Å². The second kappa shape index (κ2) is 26.6. The number of nitrogens with one attached hydrogen (secondary N) is 6. The highest BCUT2D eigenvalue weighted by atomic mass is 33.1. The summed E-state index contributed by atoms with van der Waals surface area (Å²) in [6.45, 7) is 5.00. The zero-order valence-electron chi connectivity index (χ0n) is 39.2. The van der Waals surface area contributed by atoms with Crippen LogP contribution in [0.4, 0.5) is 0 Å². The fourth-order valence-electron chi connectivity index (χ4n) is 8.53. The van der Waals surface area contributed by atoms with Gasteiger partial charge in [-0.05, 0) is 75.6 Å². The number of carbonyl (C=O) groups excluding carboxylic acids is 8. The van der Waals surface area contributed by atoms with Gasteiger partial charge in [0.05, 0.1) is 19.6 Å². The van der Waals surface area contributed by atoms with Gasteiger partial charge >= 0.3 is 5.97 Å². The average molecular weight is 992 g/mol. The van der Waals surface area contributed by atoms with Gasteiger partial charge in [-0.25, -0.2) is 4.79 Å². The van der Waals surface area contributed by atoms with Gasteiger partial charge in [0.2, 0.25) is 47.3 Å². The number of likely N-dealkylation sites (tertiary alicyclic amines) is 1. The van der Waals surface area contributed by atoms with E-state index in [4.69, 9.17) is 16.2 Å². The predicted octanol–water partition coefficient (Wildman–Crippen LogP) is -0.249. The number of aliphatic carboxylic acids is 1. The van der Waals surface area contributed by atoms with Crippen LogP contribution < -0.4 is 48.1 Å². The number of hydrogen-bond donors (Lipinski definition) is 10. The maximum atomic E-state index is 14.6. The van der Waals surface area contributed by atoms with Crippen molar-refractivity contribution in [2.24, 2.45) is 17.4 Å². The highest BCUT2D eigenvalue weighted by molar-refractivity contribution is 8.77. The zero-order valence-corrected chi connectivity index (χ0v) is 40.8. The molecule has 2 heterocycles. The number of nitrogens with zero attached hydrogens (tertiary/aromatic N) is 1. The van der Waals surface area contributed by atoms with Crippen LogP contribution in [0.25, 0.3) is 0 Å². The molecule has 2 aliphatic heterocycles. The summed E-state index contributed by atoms with van der Waals surface area (Å²) in [6.07, 6.45) is 2.74. The van der Waals surface area contributed by atoms with E-state index in [1.54, 1.807) is 38.1 Å². The fraction of sp³-hybridized carbons (Fsp3) is 0.667. The monoisotopic (exact) mass is 991 g/mol. The Morgan fingerprint density at radius 3 is 2.15 bits per heavy atom. The van der Waals surface area contributed by atoms with E-state index < -0.39 is 119 Å². The Balaban J connectivity index is 1.76. The van der Waals surface area contributed by atoms with Crippen molar-refractivity contribution in [1.29, 1.82) is 0 Å². The molecule has 0 bridgehead atoms. The molecular formula is C45H69N9O12S2. The number of aliphatic hydroxyl groups excluding tert-OH is 1. The third-order valence-corrected chi connectivity index (χ3v) is 15.9. The third-order valence-electron chi connectivity index (χ3n) is 12.6. The number of primary amides is 1. The van der Waals surface area contributed by atoms with Crippen LogP contribution in [0.15, 0.2) is 24.3 Å². The summed E-state index contributed by atoms with van der Waals surface area (Å²) in [7, 11) is 4.09. The summed E-state index contributed by atoms with van der Waals surface area (Å²) in [5.41, 5.74) is 11.8. The fourth-order valence-corrected chi connectivity index (χ4v) is 11.9. The Morgan fingerprint density at radius 1 is 0.897 bits per heavy atom. The van der Waals surface area contributed by atoms with Gasteiger partial charge in [0.15, 0.2) is 0 Å². The van der Waals surface area contributed by atoms with Crippen LogP contribution in [0.1, 0.15) is 103 Å². The molecule has 12 N–H and O–H groups in total. The summed E-state index contributed by atoms with van der Waals surface area (Å²) in [4.78, 5) is 125. The second-order valence-electron chi connectivity index (χ2n) is 17.9. The first kappa shape index (κ1) is 55.5. The molecule has 1 saturated carbocycles. The molecule has 3 fully saturated rings. The molecule has 68 heavy (non-hydrogen) atoms. The van der Waals surface area contributed by atoms with Crippen LogP contribution in [-0.4, -0.2) is 147 Å². The summed E-state index contributed by atoms with van der Waals surface area (Å²) in [5.74, 6) is -7.82. The number of rotatable bonds is 15. The lowest BCUT2D eigenvalue weighted by atomic mass is 9.85. The Kier molecular flexibility index (Phi) is 21.7. The number of amides is 8. The molecule has 1 aromatic carbocycles. The molecule has 3 aliphatic rings. The normalized spacial score (nSPS) is 25.9. The topological polar surface area (TPSA) is 331 Å². The van der Waals surface area contributed by atoms with Crippen LogP contribution in [0.3, 0.4) is 0 Å². The van der Waals surface area contributed by atoms with E-state index in [1.165, 1.54) is 40.5 Å². The highest BCUT2D eigenvalue weighted by Gasteiger charge is 2.42. The molecule has 2 saturated heterocycles. The van der Waals surface area contributed by atoms with Gasteiger partial charge in [0.25, 0.3) is 0 Å². The van der Waals surface area contributed by atoms with E-state index in [1.807, 2.05) is 0 Å². The number of carboxylic acids is 1. The van der Waals surface area contributed by atoms with Crippen LogP contribution in [0.5, 0.6) is 5.75 Å². The van der Waals surface area contributed by atoms with Crippen molar-refractivity contribution in [3.8, 4) is 5.75 Å². The number of aliphatic hydroxyl groups is 1. The van der Waals surface area contributed by atoms with Crippen molar-refractivity contribution in [2.45, 2.75) is 157 Å². The molecule has 1 unspecified atom stereocenters. The molecule has 21 nitrogen and oxygen atoms in total. The number of carbonyl (C=O) groups is 9. The van der Waals surface area contributed by atoms with Crippen LogP contribution in [0.2, 0.25) is 0 Å². The number of nitrogens with two attached hydrogens (primary N) is 2. The molecule has 23 heteroatoms. The maximum Gasteiger partial charge on any atom is 0.326 e. The van der Waals surface area contributed by atoms with Gasteiger partial charge < -0.3 is 63.2 Å². The lowest BCUT2D eigenvalue weighted by Gasteiger charge is -2.37. The summed E-state index contributed by atoms with van der Waals surface area (Å²) in [6, 6.07) is -2.69. The number of ether oxygens (including phenoxy) is 1. The first-order valence-electron chi connectivity index (χ1n) is 23.3. The SMILES string of the molecule is CC[C@H](C)[C@@H]1NC(=O)[C@H](Cc2ccc(OC)cc2)NC(=O)CC2(CCCCC2)SSC[C@H](C(=O)N2CCC[C@H]2C(=O)N[C@@H](CCCN)C(=O)O)NC(=O)[C@H](CC(N)=O)NC(=O)C([C@@H](C)O)NC1=O. The summed E-state index contributed by atoms with van der Waals surface area (Å²) in [5, 5.41) is 36.4. The van der Waals surface area contributed by atoms with Gasteiger partial charge in [-0.2, -0.15) is 0 Å². The second-order valence-corrected chi connectivity index (χ2v) is 20.7. The highest BCUT2D eigenvalue weighted by Crippen LogP contribution is 2.48. The number of benzene rings is 1. The van der Waals surface area contributed by atoms with E-state index in [0.29, 0.717) is 43.4 Å². The van der Waals surface area contributed by atoms with Gasteiger partial charge in [-0.1, -0.05) is 73.3 Å². The maximum absolute atomic E-state index is 14.6. The van der Waals surface area contributed by atoms with Crippen molar-refractivity contribution in [3.05, 3.63) is 29.8 Å². The van der Waals surface area contributed by atoms with Crippen molar-refractivity contribution < 1.29 is 58.1 Å². The Labute approximate surface area is 404 Å². The minimum absolute atomic E-state index is 0.0244. The standard InChI is InChI=1S/C45H69N9O12S2/c1-5-25(2)36-41(61)53-37(26(3)55)42(62)50-31(22-34(47)56)38(58)51-32(43(63)54-20-10-12-33(54)40(60)49-29(44(64)65)11-9-19-46)24-67-68-45(17-7-6-8-18-45)23-35(57)48-30(39(59)52-36)21-27-13-15-28(66-4)16-14-27/h13-16,25-26,29-33,36-37,55H,5-12,17-24,46H2,1-4H3,(H2,47,56)(H,48,57)(H,49,60)(H,50,62)(H,51,58)(H,52,59)(H,53,61)(H,64,65)/t25-,26+,29-,30-,31-,32+,33-,36-,37?/m0/s1. The van der Waals surface area contributed by atoms with E-state index in [-0.39, 0.29) is 44.5 Å². The molecule has 9 atom stereocenters. The molecule has 8 amide bonds. The number of carboxylic acid groups (broad SMARTS) is 1. The Bertz CT molecular complexity index is 1950. The van der Waals surface area contributed by atoms with E-state index in [2.05, 4.69) is 31.9 Å². The van der Waals surface area contributed by atoms with Gasteiger partial charge in [0.1, 0.15) is 48.0 Å². The average Bonchev–Trinajstić information content (AvgIpc) is 3.80. The number of hydrogen-bond acceptors (Lipinski definition) is 14. The van der Waals surface area contributed by atoms with Crippen molar-refractivity contribution in [3.63, 3.8) is 0 Å². The first-order valence-corrected chi connectivity index (χ1v) is 25.6. The van der Waals surface area contributed by atoms with Gasteiger partial charge in [-0.15, -0.1) is 0 Å². The zero-order chi connectivity index (χ0) is 50.1. The molecule has 378 valence electrons. The minimum Gasteiger partial charge on any atom is -0.497 e. The molecular weight excluding hydrogens is 923 g/mol. The smallest absolute Gasteiger partial charge is 0.326 e. The van der Waals surface area contributed by atoms with E-state index >= 15 is 0 Å². The van der Waals surface area contributed by atoms with E-state index in [0.717, 1.165) is 19.3 Å². The Hall–Kier alpha value is -5.13. The molecule has 0 aromatic heterocycles. The van der Waals surface area contributed by atoms with E-state index in [9.17, 15) is 53.4 Å². The lowest BCUT2D eigenvalue weighted by molar-refractivity contribution is -0.145. The van der Waals surface area contributed by atoms with Crippen LogP contribution in [-0.2, 0) is 49.6 Å². The van der Waals surface area contributed by atoms with Gasteiger partial charge in [0, 0.05) is 29.9 Å². The first-order chi connectivity index (χ1) is 32.3. The van der Waals surface area contributed by atoms with Gasteiger partial charge in [-0.3, -0.25) is 38.4 Å². The van der Waals surface area contributed by atoms with Crippen molar-refractivity contribution in [2.75, 3.05) is 26.0 Å². The van der Waals surface area contributed by atoms with Crippen LogP contribution in [0, 0.1) is 5.92 Å². The molecule has 4 rings (SSSR count). The third kappa shape index (κ3) is 16.0. The molecule has 0 radical (unpaired) electrons. The molecule has 1 aromatic rings. The molecule has 1 spiro atoms. The number of methoxy groups -OCH3 is 1. The largest absolute Gasteiger partial charge is 0.497 e. The lowest BCUT2D eigenvalue weighted by Crippen LogP contribution is -2.63. The summed E-state index contributed by atoms with van der Waals surface area (Å²) < 4.78 is 4.61. The molecule has 1 aliphatic carbocycles. The quantitative estimate of drug-likeness (QED) is 0.101. The Morgan fingerprint density at radius 2 is 1.54 bits per heavy atom. The van der Waals surface area contributed by atoms with Crippen LogP contribution >= 0.6 is 21.6 Å². The predicted molar refractivity (Wildman–Crippen MR) is 254 cm³/mol. The summed E-state index contributed by atoms with van der Waals surface area (Å²) >= 11 is 0. The minimum atomic E-state index is -1.73.